The number of benzene rings is 2. The Hall–Kier alpha value is -1.87. The summed E-state index contributed by atoms with van der Waals surface area (Å²) in [4.78, 5) is 0. The van der Waals surface area contributed by atoms with Crippen LogP contribution >= 0.6 is 11.6 Å². The summed E-state index contributed by atoms with van der Waals surface area (Å²) in [5.74, 6) is 1.36. The van der Waals surface area contributed by atoms with E-state index in [2.05, 4.69) is 0 Å². The summed E-state index contributed by atoms with van der Waals surface area (Å²) in [5.41, 5.74) is 3.24. The molecule has 1 unspecified atom stereocenters. The molecule has 0 radical (unpaired) electrons. The molecule has 4 rings (SSSR count). The van der Waals surface area contributed by atoms with Gasteiger partial charge < -0.3 is 34.6 Å². The predicted molar refractivity (Wildman–Crippen MR) is 118 cm³/mol. The van der Waals surface area contributed by atoms with Crippen molar-refractivity contribution in [2.45, 2.75) is 56.7 Å². The largest absolute Gasteiger partial charge is 0.494 e. The topological polar surface area (TPSA) is 109 Å². The number of aliphatic hydroxyl groups is 4. The molecule has 1 fully saturated rings. The van der Waals surface area contributed by atoms with E-state index in [0.717, 1.165) is 22.4 Å². The lowest BCUT2D eigenvalue weighted by molar-refractivity contribution is -0.232. The van der Waals surface area contributed by atoms with Crippen molar-refractivity contribution in [3.05, 3.63) is 57.6 Å². The summed E-state index contributed by atoms with van der Waals surface area (Å²) in [7, 11) is 0. The third-order valence-electron chi connectivity index (χ3n) is 6.15. The second-order valence-corrected chi connectivity index (χ2v) is 8.77. The minimum absolute atomic E-state index is 0.0430. The minimum atomic E-state index is -1.47. The van der Waals surface area contributed by atoms with E-state index in [0.29, 0.717) is 36.0 Å². The number of ether oxygens (including phenoxy) is 3. The maximum absolute atomic E-state index is 10.7. The smallest absolute Gasteiger partial charge is 0.130 e. The summed E-state index contributed by atoms with van der Waals surface area (Å²) >= 11 is 6.80. The van der Waals surface area contributed by atoms with Crippen LogP contribution < -0.4 is 9.47 Å². The number of rotatable bonds is 6. The van der Waals surface area contributed by atoms with Crippen LogP contribution in [0.25, 0.3) is 0 Å². The zero-order valence-electron chi connectivity index (χ0n) is 18.1. The van der Waals surface area contributed by atoms with Crippen molar-refractivity contribution in [2.24, 2.45) is 0 Å². The molecule has 0 aliphatic carbocycles. The van der Waals surface area contributed by atoms with Gasteiger partial charge in [0.2, 0.25) is 0 Å². The monoisotopic (exact) mass is 464 g/mol. The van der Waals surface area contributed by atoms with Crippen LogP contribution in [-0.4, -0.2) is 64.7 Å². The summed E-state index contributed by atoms with van der Waals surface area (Å²) in [6.07, 6.45) is -5.73. The molecule has 8 heteroatoms. The van der Waals surface area contributed by atoms with Gasteiger partial charge in [0.1, 0.15) is 42.0 Å². The minimum Gasteiger partial charge on any atom is -0.494 e. The van der Waals surface area contributed by atoms with Crippen molar-refractivity contribution in [2.75, 3.05) is 19.8 Å². The van der Waals surface area contributed by atoms with Gasteiger partial charge in [-0.2, -0.15) is 0 Å². The second kappa shape index (κ2) is 9.55. The fraction of sp³-hybridized carbons (Fsp3) is 0.500. The zero-order valence-corrected chi connectivity index (χ0v) is 18.8. The number of hydrogen-bond acceptors (Lipinski definition) is 7. The molecule has 0 amide bonds. The maximum atomic E-state index is 10.7. The van der Waals surface area contributed by atoms with Gasteiger partial charge >= 0.3 is 0 Å². The van der Waals surface area contributed by atoms with Crippen LogP contribution in [0, 0.1) is 0 Å². The Kier molecular flexibility index (Phi) is 6.95. The standard InChI is InChI=1S/C24H29ClO7/c1-3-30-15-6-4-13(5-7-15)8-14-9-16(23-18(19(14)25)12(2)11-31-23)24-22(29)21(28)20(27)17(10-26)32-24/h4-7,9,12,17,20-22,24,26-29H,3,8,10-11H2,1-2H3/t12?,17-,20-,21+,22-,24+/m0/s1. The normalized spacial score (nSPS) is 29.5. The van der Waals surface area contributed by atoms with E-state index in [9.17, 15) is 20.4 Å². The van der Waals surface area contributed by atoms with Crippen LogP contribution in [0.3, 0.4) is 0 Å². The summed E-state index contributed by atoms with van der Waals surface area (Å²) < 4.78 is 17.2. The third-order valence-corrected chi connectivity index (χ3v) is 6.60. The van der Waals surface area contributed by atoms with Gasteiger partial charge in [-0.1, -0.05) is 30.7 Å². The number of hydrogen-bond donors (Lipinski definition) is 4. The van der Waals surface area contributed by atoms with Gasteiger partial charge in [-0.15, -0.1) is 0 Å². The predicted octanol–water partition coefficient (Wildman–Crippen LogP) is 2.34. The van der Waals surface area contributed by atoms with Crippen molar-refractivity contribution < 1.29 is 34.6 Å². The molecule has 1 saturated heterocycles. The van der Waals surface area contributed by atoms with E-state index in [1.54, 1.807) is 0 Å². The third kappa shape index (κ3) is 4.21. The molecule has 0 spiro atoms. The highest BCUT2D eigenvalue weighted by Crippen LogP contribution is 2.48. The number of fused-ring (bicyclic) bond motifs is 1. The molecule has 2 aliphatic heterocycles. The maximum Gasteiger partial charge on any atom is 0.130 e. The fourth-order valence-electron chi connectivity index (χ4n) is 4.43. The Balaban J connectivity index is 1.73. The summed E-state index contributed by atoms with van der Waals surface area (Å²) in [6, 6.07) is 9.58. The molecule has 2 aromatic carbocycles. The van der Waals surface area contributed by atoms with Crippen LogP contribution in [0.1, 0.15) is 48.1 Å². The molecule has 2 heterocycles. The highest BCUT2D eigenvalue weighted by molar-refractivity contribution is 6.32. The van der Waals surface area contributed by atoms with E-state index < -0.39 is 37.1 Å². The van der Waals surface area contributed by atoms with Gasteiger partial charge in [-0.25, -0.2) is 0 Å². The van der Waals surface area contributed by atoms with E-state index in [1.807, 2.05) is 44.2 Å². The molecule has 0 saturated carbocycles. The van der Waals surface area contributed by atoms with Gasteiger partial charge in [-0.3, -0.25) is 0 Å². The van der Waals surface area contributed by atoms with Crippen molar-refractivity contribution in [1.29, 1.82) is 0 Å². The quantitative estimate of drug-likeness (QED) is 0.519. The summed E-state index contributed by atoms with van der Waals surface area (Å²) in [6.45, 7) is 4.48. The average Bonchev–Trinajstić information content (AvgIpc) is 3.18. The van der Waals surface area contributed by atoms with Crippen molar-refractivity contribution in [3.8, 4) is 11.5 Å². The molecule has 4 N–H and O–H groups in total. The van der Waals surface area contributed by atoms with Gasteiger partial charge in [0.05, 0.1) is 24.8 Å². The first-order valence-corrected chi connectivity index (χ1v) is 11.2. The molecule has 32 heavy (non-hydrogen) atoms. The molecule has 6 atom stereocenters. The van der Waals surface area contributed by atoms with E-state index in [-0.39, 0.29) is 5.92 Å². The SMILES string of the molecule is CCOc1ccc(Cc2cc([C@H]3O[C@@H](CO)[C@H](O)[C@@H](O)[C@@H]3O)c3c(c2Cl)C(C)CO3)cc1. The van der Waals surface area contributed by atoms with Crippen molar-refractivity contribution >= 4 is 11.6 Å². The molecule has 7 nitrogen and oxygen atoms in total. The van der Waals surface area contributed by atoms with Gasteiger partial charge in [0.25, 0.3) is 0 Å². The zero-order chi connectivity index (χ0) is 23.0. The van der Waals surface area contributed by atoms with Crippen LogP contribution in [0.4, 0.5) is 0 Å². The molecule has 2 aromatic rings. The first-order valence-electron chi connectivity index (χ1n) is 10.9. The first-order chi connectivity index (χ1) is 15.3. The highest BCUT2D eigenvalue weighted by atomic mass is 35.5. The van der Waals surface area contributed by atoms with Crippen LogP contribution in [0.5, 0.6) is 11.5 Å². The Labute approximate surface area is 192 Å². The van der Waals surface area contributed by atoms with Gasteiger partial charge in [-0.05, 0) is 42.7 Å². The Morgan fingerprint density at radius 1 is 1.09 bits per heavy atom. The number of halogens is 1. The molecule has 174 valence electrons. The van der Waals surface area contributed by atoms with Crippen molar-refractivity contribution in [1.82, 2.24) is 0 Å². The molecular weight excluding hydrogens is 436 g/mol. The average molecular weight is 465 g/mol. The Bertz CT molecular complexity index is 946. The summed E-state index contributed by atoms with van der Waals surface area (Å²) in [5, 5.41) is 41.3. The number of aliphatic hydroxyl groups excluding tert-OH is 4. The first kappa shape index (κ1) is 23.3. The van der Waals surface area contributed by atoms with Crippen molar-refractivity contribution in [3.63, 3.8) is 0 Å². The second-order valence-electron chi connectivity index (χ2n) is 8.40. The Morgan fingerprint density at radius 3 is 2.47 bits per heavy atom. The molecule has 0 bridgehead atoms. The highest BCUT2D eigenvalue weighted by Gasteiger charge is 2.46. The molecule has 2 aliphatic rings. The van der Waals surface area contributed by atoms with Gasteiger partial charge in [0, 0.05) is 17.0 Å². The lowest BCUT2D eigenvalue weighted by atomic mass is 9.87. The van der Waals surface area contributed by atoms with Crippen LogP contribution in [-0.2, 0) is 11.2 Å². The van der Waals surface area contributed by atoms with E-state index in [4.69, 9.17) is 25.8 Å². The molecule has 0 aromatic heterocycles. The molecular formula is C24H29ClO7. The van der Waals surface area contributed by atoms with Gasteiger partial charge in [0.15, 0.2) is 0 Å². The lowest BCUT2D eigenvalue weighted by Gasteiger charge is -2.40. The van der Waals surface area contributed by atoms with Crippen LogP contribution in [0.2, 0.25) is 5.02 Å². The Morgan fingerprint density at radius 2 is 1.81 bits per heavy atom. The van der Waals surface area contributed by atoms with E-state index in [1.165, 1.54) is 0 Å². The lowest BCUT2D eigenvalue weighted by Crippen LogP contribution is -2.55. The van der Waals surface area contributed by atoms with Crippen LogP contribution in [0.15, 0.2) is 30.3 Å². The van der Waals surface area contributed by atoms with E-state index >= 15 is 0 Å². The fourth-order valence-corrected chi connectivity index (χ4v) is 4.82.